The fourth-order valence-electron chi connectivity index (χ4n) is 1.14. The minimum Gasteiger partial charge on any atom is -0.412 e. The van der Waals surface area contributed by atoms with Gasteiger partial charge in [0.05, 0.1) is 6.04 Å². The van der Waals surface area contributed by atoms with Gasteiger partial charge in [-0.05, 0) is 32.7 Å². The van der Waals surface area contributed by atoms with Crippen molar-refractivity contribution < 1.29 is 4.42 Å². The van der Waals surface area contributed by atoms with Crippen LogP contribution in [0.3, 0.4) is 0 Å². The van der Waals surface area contributed by atoms with Crippen molar-refractivity contribution in [1.82, 2.24) is 15.1 Å². The Hall–Kier alpha value is -0.680. The molecule has 1 aromatic heterocycles. The van der Waals surface area contributed by atoms with Gasteiger partial charge in [0.2, 0.25) is 5.89 Å². The smallest absolute Gasteiger partial charge is 0.284 e. The molecule has 0 spiro atoms. The minimum absolute atomic E-state index is 0.206. The van der Waals surface area contributed by atoms with Crippen LogP contribution in [0.1, 0.15) is 25.3 Å². The topological polar surface area (TPSA) is 45.1 Å². The van der Waals surface area contributed by atoms with E-state index in [2.05, 4.69) is 22.0 Å². The van der Waals surface area contributed by atoms with Gasteiger partial charge in [0.15, 0.2) is 0 Å². The van der Waals surface area contributed by atoms with E-state index >= 15 is 0 Å². The van der Waals surface area contributed by atoms with Crippen molar-refractivity contribution in [3.63, 3.8) is 0 Å². The van der Waals surface area contributed by atoms with E-state index < -0.39 is 0 Å². The third-order valence-corrected chi connectivity index (χ3v) is 1.92. The zero-order chi connectivity index (χ0) is 9.14. The Labute approximate surface area is 76.6 Å². The molecule has 12 heavy (non-hydrogen) atoms. The lowest BCUT2D eigenvalue weighted by atomic mass is 10.2. The van der Waals surface area contributed by atoms with E-state index in [0.29, 0.717) is 10.7 Å². The second-order valence-corrected chi connectivity index (χ2v) is 3.21. The van der Waals surface area contributed by atoms with Gasteiger partial charge in [0, 0.05) is 0 Å². The predicted octanol–water partition coefficient (Wildman–Crippen LogP) is 1.74. The standard InChI is InChI=1S/C7H13N3OS/c1-4-5(10(2)3)6-8-9-7(12)11-6/h5H,4H2,1-3H3,(H,9,12)/t5-/m1/s1. The molecule has 0 aromatic carbocycles. The molecule has 0 unspecified atom stereocenters. The largest absolute Gasteiger partial charge is 0.412 e. The molecule has 1 aromatic rings. The molecule has 0 radical (unpaired) electrons. The Kier molecular flexibility index (Phi) is 2.99. The number of aromatic amines is 1. The van der Waals surface area contributed by atoms with Gasteiger partial charge in [-0.25, -0.2) is 5.10 Å². The van der Waals surface area contributed by atoms with Crippen molar-refractivity contribution in [2.45, 2.75) is 19.4 Å². The highest BCUT2D eigenvalue weighted by Crippen LogP contribution is 2.18. The molecule has 0 aliphatic carbocycles. The monoisotopic (exact) mass is 187 g/mol. The highest BCUT2D eigenvalue weighted by molar-refractivity contribution is 7.71. The summed E-state index contributed by atoms with van der Waals surface area (Å²) in [6, 6.07) is 0.206. The first-order valence-electron chi connectivity index (χ1n) is 3.87. The van der Waals surface area contributed by atoms with E-state index in [9.17, 15) is 0 Å². The summed E-state index contributed by atoms with van der Waals surface area (Å²) >= 11 is 4.78. The van der Waals surface area contributed by atoms with Crippen molar-refractivity contribution in [2.24, 2.45) is 0 Å². The number of hydrogen-bond acceptors (Lipinski definition) is 4. The van der Waals surface area contributed by atoms with Crippen molar-refractivity contribution in [2.75, 3.05) is 14.1 Å². The summed E-state index contributed by atoms with van der Waals surface area (Å²) in [5, 5.41) is 6.58. The van der Waals surface area contributed by atoms with Crippen LogP contribution in [0.2, 0.25) is 0 Å². The van der Waals surface area contributed by atoms with Crippen LogP contribution in [0.4, 0.5) is 0 Å². The second-order valence-electron chi connectivity index (χ2n) is 2.84. The summed E-state index contributed by atoms with van der Waals surface area (Å²) in [7, 11) is 3.98. The van der Waals surface area contributed by atoms with Crippen molar-refractivity contribution >= 4 is 12.2 Å². The molecule has 5 heteroatoms. The molecule has 0 aliphatic heterocycles. The zero-order valence-corrected chi connectivity index (χ0v) is 8.31. The molecule has 0 amide bonds. The van der Waals surface area contributed by atoms with E-state index in [4.69, 9.17) is 16.6 Å². The fourth-order valence-corrected chi connectivity index (χ4v) is 1.28. The zero-order valence-electron chi connectivity index (χ0n) is 7.50. The number of rotatable bonds is 3. The molecule has 1 N–H and O–H groups in total. The Morgan fingerprint density at radius 3 is 2.67 bits per heavy atom. The van der Waals surface area contributed by atoms with E-state index in [1.807, 2.05) is 14.1 Å². The Balaban J connectivity index is 2.87. The molecule has 1 atom stereocenters. The lowest BCUT2D eigenvalue weighted by Crippen LogP contribution is -2.19. The first kappa shape index (κ1) is 9.41. The van der Waals surface area contributed by atoms with E-state index in [-0.39, 0.29) is 6.04 Å². The van der Waals surface area contributed by atoms with Gasteiger partial charge in [-0.2, -0.15) is 0 Å². The third-order valence-electron chi connectivity index (χ3n) is 1.75. The van der Waals surface area contributed by atoms with Gasteiger partial charge in [0.1, 0.15) is 0 Å². The van der Waals surface area contributed by atoms with Gasteiger partial charge in [-0.1, -0.05) is 6.92 Å². The molecule has 0 saturated carbocycles. The molecule has 1 rings (SSSR count). The summed E-state index contributed by atoms with van der Waals surface area (Å²) in [6.45, 7) is 2.08. The second kappa shape index (κ2) is 3.82. The highest BCUT2D eigenvalue weighted by atomic mass is 32.1. The van der Waals surface area contributed by atoms with Crippen LogP contribution in [0.25, 0.3) is 0 Å². The normalized spacial score (nSPS) is 13.7. The predicted molar refractivity (Wildman–Crippen MR) is 48.4 cm³/mol. The molecule has 0 bridgehead atoms. The van der Waals surface area contributed by atoms with Gasteiger partial charge < -0.3 is 4.42 Å². The summed E-state index contributed by atoms with van der Waals surface area (Å²) in [4.78, 5) is 2.39. The maximum atomic E-state index is 5.20. The van der Waals surface area contributed by atoms with Gasteiger partial charge >= 0.3 is 0 Å². The summed E-state index contributed by atoms with van der Waals surface area (Å²) in [6.07, 6.45) is 0.954. The first-order chi connectivity index (χ1) is 5.65. The average molecular weight is 187 g/mol. The maximum Gasteiger partial charge on any atom is 0.284 e. The molecule has 0 aliphatic rings. The van der Waals surface area contributed by atoms with Crippen LogP contribution >= 0.6 is 12.2 Å². The van der Waals surface area contributed by atoms with Crippen LogP contribution in [0, 0.1) is 4.84 Å². The van der Waals surface area contributed by atoms with Crippen LogP contribution in [-0.4, -0.2) is 29.2 Å². The Morgan fingerprint density at radius 1 is 1.67 bits per heavy atom. The first-order valence-corrected chi connectivity index (χ1v) is 4.27. The van der Waals surface area contributed by atoms with Crippen molar-refractivity contribution in [1.29, 1.82) is 0 Å². The lowest BCUT2D eigenvalue weighted by molar-refractivity contribution is 0.242. The molecule has 4 nitrogen and oxygen atoms in total. The molecular weight excluding hydrogens is 174 g/mol. The number of nitrogens with one attached hydrogen (secondary N) is 1. The maximum absolute atomic E-state index is 5.20. The molecule has 68 valence electrons. The van der Waals surface area contributed by atoms with Crippen LogP contribution in [0.15, 0.2) is 4.42 Å². The average Bonchev–Trinajstić information content (AvgIpc) is 2.37. The van der Waals surface area contributed by atoms with Gasteiger partial charge in [-0.15, -0.1) is 5.10 Å². The highest BCUT2D eigenvalue weighted by Gasteiger charge is 2.16. The number of nitrogens with zero attached hydrogens (tertiary/aromatic N) is 2. The van der Waals surface area contributed by atoms with Gasteiger partial charge in [0.25, 0.3) is 4.84 Å². The molecule has 0 saturated heterocycles. The number of aromatic nitrogens is 2. The summed E-state index contributed by atoms with van der Waals surface area (Å²) in [5.74, 6) is 0.660. The van der Waals surface area contributed by atoms with Crippen LogP contribution < -0.4 is 0 Å². The molecule has 0 fully saturated rings. The van der Waals surface area contributed by atoms with Crippen molar-refractivity contribution in [3.8, 4) is 0 Å². The Morgan fingerprint density at radius 2 is 2.33 bits per heavy atom. The lowest BCUT2D eigenvalue weighted by Gasteiger charge is -2.18. The third kappa shape index (κ3) is 1.92. The number of hydrogen-bond donors (Lipinski definition) is 1. The fraction of sp³-hybridized carbons (Fsp3) is 0.714. The van der Waals surface area contributed by atoms with Crippen LogP contribution in [-0.2, 0) is 0 Å². The Bertz CT molecular complexity index is 291. The summed E-state index contributed by atoms with van der Waals surface area (Å²) in [5.41, 5.74) is 0. The summed E-state index contributed by atoms with van der Waals surface area (Å²) < 4.78 is 5.20. The van der Waals surface area contributed by atoms with E-state index in [0.717, 1.165) is 6.42 Å². The van der Waals surface area contributed by atoms with Gasteiger partial charge in [-0.3, -0.25) is 4.90 Å². The number of H-pyrrole nitrogens is 1. The quantitative estimate of drug-likeness (QED) is 0.732. The SMILES string of the molecule is CC[C@H](c1n[nH]c(=S)o1)N(C)C. The van der Waals surface area contributed by atoms with E-state index in [1.54, 1.807) is 0 Å². The minimum atomic E-state index is 0.206. The molecular formula is C7H13N3OS. The van der Waals surface area contributed by atoms with Crippen LogP contribution in [0.5, 0.6) is 0 Å². The van der Waals surface area contributed by atoms with Crippen molar-refractivity contribution in [3.05, 3.63) is 10.7 Å². The van der Waals surface area contributed by atoms with E-state index in [1.165, 1.54) is 0 Å². The molecule has 1 heterocycles.